The van der Waals surface area contributed by atoms with Crippen molar-refractivity contribution in [2.45, 2.75) is 32.6 Å². The van der Waals surface area contributed by atoms with E-state index in [2.05, 4.69) is 4.90 Å². The van der Waals surface area contributed by atoms with Gasteiger partial charge in [-0.05, 0) is 51.8 Å². The van der Waals surface area contributed by atoms with E-state index < -0.39 is 0 Å². The number of hydrogen-bond donors (Lipinski definition) is 1. The van der Waals surface area contributed by atoms with Crippen LogP contribution in [0.3, 0.4) is 0 Å². The second kappa shape index (κ2) is 7.33. The molecule has 6 heteroatoms. The second-order valence-corrected chi connectivity index (χ2v) is 8.10. The standard InChI is InChI=1S/C18H26N2O3S/c1-14(22)16-10-15(11-24-16)17(23)20-8-4-18(13-21,5-9-20)12-19-6-2-3-7-19/h10-11,21H,2-9,12-13H2,1H3. The molecule has 0 saturated carbocycles. The first-order valence-electron chi connectivity index (χ1n) is 8.75. The molecule has 0 radical (unpaired) electrons. The van der Waals surface area contributed by atoms with Gasteiger partial charge in [0.05, 0.1) is 17.0 Å². The molecule has 0 unspecified atom stereocenters. The number of carbonyl (C=O) groups is 2. The van der Waals surface area contributed by atoms with Crippen LogP contribution in [0.5, 0.6) is 0 Å². The Morgan fingerprint density at radius 1 is 1.21 bits per heavy atom. The number of ketones is 1. The van der Waals surface area contributed by atoms with Crippen LogP contribution in [0.1, 0.15) is 52.6 Å². The highest BCUT2D eigenvalue weighted by Crippen LogP contribution is 2.33. The Kier molecular flexibility index (Phi) is 5.37. The summed E-state index contributed by atoms with van der Waals surface area (Å²) >= 11 is 1.33. The molecule has 2 aliphatic rings. The van der Waals surface area contributed by atoms with E-state index in [9.17, 15) is 14.7 Å². The molecule has 24 heavy (non-hydrogen) atoms. The Morgan fingerprint density at radius 2 is 1.88 bits per heavy atom. The third-order valence-corrected chi connectivity index (χ3v) is 6.43. The molecule has 3 heterocycles. The summed E-state index contributed by atoms with van der Waals surface area (Å²) < 4.78 is 0. The number of aliphatic hydroxyl groups is 1. The average molecular weight is 350 g/mol. The van der Waals surface area contributed by atoms with Crippen molar-refractivity contribution in [3.8, 4) is 0 Å². The van der Waals surface area contributed by atoms with E-state index in [1.54, 1.807) is 11.4 Å². The maximum absolute atomic E-state index is 12.6. The first-order chi connectivity index (χ1) is 11.5. The van der Waals surface area contributed by atoms with Crippen LogP contribution in [0.15, 0.2) is 11.4 Å². The van der Waals surface area contributed by atoms with Crippen LogP contribution < -0.4 is 0 Å². The van der Waals surface area contributed by atoms with Gasteiger partial charge < -0.3 is 14.9 Å². The Bertz CT molecular complexity index is 599. The Balaban J connectivity index is 1.60. The minimum atomic E-state index is -0.0691. The number of nitrogens with zero attached hydrogens (tertiary/aromatic N) is 2. The zero-order chi connectivity index (χ0) is 17.2. The molecule has 1 N–H and O–H groups in total. The van der Waals surface area contributed by atoms with Crippen molar-refractivity contribution in [2.24, 2.45) is 5.41 Å². The molecule has 0 spiro atoms. The van der Waals surface area contributed by atoms with Gasteiger partial charge in [-0.2, -0.15) is 0 Å². The van der Waals surface area contributed by atoms with Crippen molar-refractivity contribution >= 4 is 23.0 Å². The van der Waals surface area contributed by atoms with Gasteiger partial charge in [-0.15, -0.1) is 11.3 Å². The number of piperidine rings is 1. The molecule has 132 valence electrons. The molecular formula is C18H26N2O3S. The molecule has 2 aliphatic heterocycles. The van der Waals surface area contributed by atoms with E-state index in [0.717, 1.165) is 32.5 Å². The summed E-state index contributed by atoms with van der Waals surface area (Å²) in [6, 6.07) is 1.70. The van der Waals surface area contributed by atoms with E-state index in [1.807, 2.05) is 4.90 Å². The zero-order valence-corrected chi connectivity index (χ0v) is 15.1. The lowest BCUT2D eigenvalue weighted by molar-refractivity contribution is 0.0179. The predicted octanol–water partition coefficient (Wildman–Crippen LogP) is 2.26. The fourth-order valence-corrected chi connectivity index (χ4v) is 4.56. The molecule has 5 nitrogen and oxygen atoms in total. The van der Waals surface area contributed by atoms with Crippen LogP contribution in [0.4, 0.5) is 0 Å². The average Bonchev–Trinajstić information content (AvgIpc) is 3.26. The van der Waals surface area contributed by atoms with Crippen molar-refractivity contribution in [3.05, 3.63) is 21.9 Å². The smallest absolute Gasteiger partial charge is 0.254 e. The van der Waals surface area contributed by atoms with Gasteiger partial charge in [-0.3, -0.25) is 9.59 Å². The highest BCUT2D eigenvalue weighted by Gasteiger charge is 2.37. The van der Waals surface area contributed by atoms with Crippen LogP contribution >= 0.6 is 11.3 Å². The SMILES string of the molecule is CC(=O)c1cc(C(=O)N2CCC(CO)(CN3CCCC3)CC2)cs1. The van der Waals surface area contributed by atoms with Crippen molar-refractivity contribution in [1.29, 1.82) is 0 Å². The predicted molar refractivity (Wildman–Crippen MR) is 94.7 cm³/mol. The minimum absolute atomic E-state index is 0.00241. The molecule has 3 rings (SSSR count). The van der Waals surface area contributed by atoms with Crippen molar-refractivity contribution < 1.29 is 14.7 Å². The topological polar surface area (TPSA) is 60.9 Å². The summed E-state index contributed by atoms with van der Waals surface area (Å²) in [6.07, 6.45) is 4.19. The van der Waals surface area contributed by atoms with Crippen LogP contribution in [-0.4, -0.2) is 65.9 Å². The van der Waals surface area contributed by atoms with Crippen LogP contribution in [0.25, 0.3) is 0 Å². The number of amides is 1. The Hall–Kier alpha value is -1.24. The molecule has 0 bridgehead atoms. The normalized spacial score (nSPS) is 21.2. The first kappa shape index (κ1) is 17.6. The number of likely N-dealkylation sites (tertiary alicyclic amines) is 2. The molecule has 0 atom stereocenters. The van der Waals surface area contributed by atoms with Gasteiger partial charge in [0.2, 0.25) is 0 Å². The summed E-state index contributed by atoms with van der Waals surface area (Å²) in [6.45, 7) is 6.28. The van der Waals surface area contributed by atoms with Crippen molar-refractivity contribution in [1.82, 2.24) is 9.80 Å². The minimum Gasteiger partial charge on any atom is -0.396 e. The Morgan fingerprint density at radius 3 is 2.42 bits per heavy atom. The van der Waals surface area contributed by atoms with Gasteiger partial charge in [0.15, 0.2) is 5.78 Å². The second-order valence-electron chi connectivity index (χ2n) is 7.19. The van der Waals surface area contributed by atoms with E-state index in [-0.39, 0.29) is 23.7 Å². The number of rotatable bonds is 5. The molecule has 1 amide bonds. The summed E-state index contributed by atoms with van der Waals surface area (Å²) in [5, 5.41) is 11.7. The molecule has 2 saturated heterocycles. The molecular weight excluding hydrogens is 324 g/mol. The van der Waals surface area contributed by atoms with E-state index >= 15 is 0 Å². The van der Waals surface area contributed by atoms with Gasteiger partial charge in [0, 0.05) is 30.4 Å². The summed E-state index contributed by atoms with van der Waals surface area (Å²) in [5.74, 6) is 0.00840. The quantitative estimate of drug-likeness (QED) is 0.828. The molecule has 1 aromatic heterocycles. The van der Waals surface area contributed by atoms with E-state index in [4.69, 9.17) is 0 Å². The van der Waals surface area contributed by atoms with Gasteiger partial charge in [0.25, 0.3) is 5.91 Å². The summed E-state index contributed by atoms with van der Waals surface area (Å²) in [7, 11) is 0. The maximum Gasteiger partial charge on any atom is 0.254 e. The summed E-state index contributed by atoms with van der Waals surface area (Å²) in [5.41, 5.74) is 0.543. The number of aliphatic hydroxyl groups excluding tert-OH is 1. The largest absolute Gasteiger partial charge is 0.396 e. The lowest BCUT2D eigenvalue weighted by atomic mass is 9.78. The Labute approximate surface area is 147 Å². The van der Waals surface area contributed by atoms with Crippen LogP contribution in [0.2, 0.25) is 0 Å². The fourth-order valence-electron chi connectivity index (χ4n) is 3.78. The van der Waals surface area contributed by atoms with Crippen molar-refractivity contribution in [2.75, 3.05) is 39.3 Å². The lowest BCUT2D eigenvalue weighted by Crippen LogP contribution is -2.49. The van der Waals surface area contributed by atoms with Crippen LogP contribution in [-0.2, 0) is 0 Å². The van der Waals surface area contributed by atoms with Crippen LogP contribution in [0, 0.1) is 5.41 Å². The maximum atomic E-state index is 12.6. The third-order valence-electron chi connectivity index (χ3n) is 5.40. The first-order valence-corrected chi connectivity index (χ1v) is 9.63. The van der Waals surface area contributed by atoms with E-state index in [0.29, 0.717) is 23.5 Å². The highest BCUT2D eigenvalue weighted by molar-refractivity contribution is 7.12. The number of carbonyl (C=O) groups excluding carboxylic acids is 2. The van der Waals surface area contributed by atoms with Gasteiger partial charge in [0.1, 0.15) is 0 Å². The number of thiophene rings is 1. The fraction of sp³-hybridized carbons (Fsp3) is 0.667. The van der Waals surface area contributed by atoms with Gasteiger partial charge in [-0.1, -0.05) is 0 Å². The number of Topliss-reactive ketones (excluding diaryl/α,β-unsaturated/α-hetero) is 1. The highest BCUT2D eigenvalue weighted by atomic mass is 32.1. The molecule has 1 aromatic rings. The van der Waals surface area contributed by atoms with Gasteiger partial charge in [-0.25, -0.2) is 0 Å². The van der Waals surface area contributed by atoms with E-state index in [1.165, 1.54) is 31.1 Å². The lowest BCUT2D eigenvalue weighted by Gasteiger charge is -2.42. The van der Waals surface area contributed by atoms with Crippen molar-refractivity contribution in [3.63, 3.8) is 0 Å². The summed E-state index contributed by atoms with van der Waals surface area (Å²) in [4.78, 5) is 29.0. The monoisotopic (exact) mass is 350 g/mol. The van der Waals surface area contributed by atoms with Gasteiger partial charge >= 0.3 is 0 Å². The number of hydrogen-bond acceptors (Lipinski definition) is 5. The molecule has 2 fully saturated rings. The zero-order valence-electron chi connectivity index (χ0n) is 14.3. The third kappa shape index (κ3) is 3.71. The molecule has 0 aromatic carbocycles. The molecule has 0 aliphatic carbocycles.